The average Bonchev–Trinajstić information content (AvgIpc) is 2.60. The summed E-state index contributed by atoms with van der Waals surface area (Å²) in [4.78, 5) is 12.3. The molecule has 3 N–H and O–H groups in total. The second-order valence-electron chi connectivity index (χ2n) is 5.43. The van der Waals surface area contributed by atoms with Gasteiger partial charge in [0.2, 0.25) is 0 Å². The van der Waals surface area contributed by atoms with Gasteiger partial charge in [-0.15, -0.1) is 0 Å². The highest BCUT2D eigenvalue weighted by atomic mass is 35.5. The van der Waals surface area contributed by atoms with Gasteiger partial charge >= 0.3 is 0 Å². The Morgan fingerprint density at radius 1 is 1.23 bits per heavy atom. The van der Waals surface area contributed by atoms with E-state index in [9.17, 15) is 9.90 Å². The first-order valence-electron chi connectivity index (χ1n) is 7.94. The third-order valence-corrected chi connectivity index (χ3v) is 4.15. The highest BCUT2D eigenvalue weighted by molar-refractivity contribution is 7.80. The number of ether oxygens (including phenoxy) is 1. The van der Waals surface area contributed by atoms with Crippen molar-refractivity contribution < 1.29 is 14.6 Å². The third-order valence-electron chi connectivity index (χ3n) is 3.36. The Kier molecular flexibility index (Phi) is 7.50. The number of aromatic hydroxyl groups is 1. The molecule has 2 aromatic rings. The smallest absolute Gasteiger partial charge is 0.257 e. The first-order valence-corrected chi connectivity index (χ1v) is 9.10. The van der Waals surface area contributed by atoms with Gasteiger partial charge in [-0.25, -0.2) is 0 Å². The molecule has 0 aliphatic carbocycles. The fourth-order valence-corrected chi connectivity index (χ4v) is 2.73. The van der Waals surface area contributed by atoms with E-state index in [-0.39, 0.29) is 26.8 Å². The summed E-state index contributed by atoms with van der Waals surface area (Å²) < 4.78 is 5.59. The molecule has 0 fully saturated rings. The van der Waals surface area contributed by atoms with Gasteiger partial charge in [0.15, 0.2) is 10.9 Å². The highest BCUT2D eigenvalue weighted by Crippen LogP contribution is 2.34. The van der Waals surface area contributed by atoms with E-state index in [4.69, 9.17) is 40.2 Å². The maximum Gasteiger partial charge on any atom is 0.257 e. The van der Waals surface area contributed by atoms with Gasteiger partial charge in [0.25, 0.3) is 5.91 Å². The zero-order valence-corrected chi connectivity index (χ0v) is 16.3. The van der Waals surface area contributed by atoms with Gasteiger partial charge in [0.1, 0.15) is 5.75 Å². The van der Waals surface area contributed by atoms with Crippen LogP contribution in [0.3, 0.4) is 0 Å². The Hall–Kier alpha value is -2.02. The second kappa shape index (κ2) is 9.62. The van der Waals surface area contributed by atoms with Crippen LogP contribution in [0.5, 0.6) is 11.5 Å². The summed E-state index contributed by atoms with van der Waals surface area (Å²) in [5.74, 6) is 0.0372. The van der Waals surface area contributed by atoms with E-state index < -0.39 is 0 Å². The summed E-state index contributed by atoms with van der Waals surface area (Å²) in [5.41, 5.74) is 0.865. The molecule has 138 valence electrons. The van der Waals surface area contributed by atoms with Crippen molar-refractivity contribution >= 4 is 52.1 Å². The molecule has 0 aliphatic heterocycles. The lowest BCUT2D eigenvalue weighted by Gasteiger charge is -2.12. The predicted molar refractivity (Wildman–Crippen MR) is 109 cm³/mol. The summed E-state index contributed by atoms with van der Waals surface area (Å²) in [6.07, 6.45) is 1.98. The number of amides is 1. The van der Waals surface area contributed by atoms with Crippen molar-refractivity contribution in [3.8, 4) is 11.5 Å². The van der Waals surface area contributed by atoms with E-state index in [0.717, 1.165) is 12.8 Å². The number of carbonyl (C=O) groups is 1. The average molecular weight is 413 g/mol. The Bertz CT molecular complexity index is 792. The van der Waals surface area contributed by atoms with E-state index in [0.29, 0.717) is 23.6 Å². The van der Waals surface area contributed by atoms with E-state index in [1.807, 2.05) is 0 Å². The van der Waals surface area contributed by atoms with E-state index in [1.54, 1.807) is 24.3 Å². The SMILES string of the molecule is CCCCOc1cccc(C(=O)NC(=S)Nc2cc(Cl)c(O)c(Cl)c2)c1. The number of phenolic OH excluding ortho intramolecular Hbond substituents is 1. The molecule has 0 saturated heterocycles. The van der Waals surface area contributed by atoms with Crippen molar-refractivity contribution in [2.45, 2.75) is 19.8 Å². The molecule has 2 rings (SSSR count). The summed E-state index contributed by atoms with van der Waals surface area (Å²) in [6.45, 7) is 2.68. The Balaban J connectivity index is 1.98. The van der Waals surface area contributed by atoms with Crippen molar-refractivity contribution in [1.82, 2.24) is 5.32 Å². The lowest BCUT2D eigenvalue weighted by molar-refractivity contribution is 0.0977. The molecule has 0 atom stereocenters. The van der Waals surface area contributed by atoms with E-state index >= 15 is 0 Å². The number of carbonyl (C=O) groups excluding carboxylic acids is 1. The molecule has 0 saturated carbocycles. The van der Waals surface area contributed by atoms with Gasteiger partial charge < -0.3 is 15.2 Å². The van der Waals surface area contributed by atoms with Crippen molar-refractivity contribution in [2.75, 3.05) is 11.9 Å². The van der Waals surface area contributed by atoms with Gasteiger partial charge in [-0.1, -0.05) is 42.6 Å². The van der Waals surface area contributed by atoms with Crippen LogP contribution in [0.1, 0.15) is 30.1 Å². The van der Waals surface area contributed by atoms with Crippen LogP contribution in [0.15, 0.2) is 36.4 Å². The van der Waals surface area contributed by atoms with Crippen LogP contribution < -0.4 is 15.4 Å². The van der Waals surface area contributed by atoms with E-state index in [2.05, 4.69) is 17.6 Å². The molecule has 1 amide bonds. The zero-order valence-electron chi connectivity index (χ0n) is 14.0. The van der Waals surface area contributed by atoms with Crippen LogP contribution in [0.2, 0.25) is 10.0 Å². The minimum absolute atomic E-state index is 0.0742. The monoisotopic (exact) mass is 412 g/mol. The topological polar surface area (TPSA) is 70.6 Å². The number of nitrogens with one attached hydrogen (secondary N) is 2. The molecule has 2 aromatic carbocycles. The fraction of sp³-hybridized carbons (Fsp3) is 0.222. The summed E-state index contributed by atoms with van der Waals surface area (Å²) in [6, 6.07) is 9.75. The van der Waals surface area contributed by atoms with Crippen molar-refractivity contribution in [3.63, 3.8) is 0 Å². The van der Waals surface area contributed by atoms with Crippen LogP contribution in [-0.4, -0.2) is 22.7 Å². The largest absolute Gasteiger partial charge is 0.505 e. The van der Waals surface area contributed by atoms with Crippen molar-refractivity contribution in [1.29, 1.82) is 0 Å². The standard InChI is InChI=1S/C18H18Cl2N2O3S/c1-2-3-7-25-13-6-4-5-11(8-13)17(24)22-18(26)21-12-9-14(19)16(23)15(20)10-12/h4-6,8-10,23H,2-3,7H2,1H3,(H2,21,22,24,26). The minimum atomic E-state index is -0.376. The number of rotatable bonds is 6. The number of thiocarbonyl (C=S) groups is 1. The molecular weight excluding hydrogens is 395 g/mol. The molecule has 0 aromatic heterocycles. The molecule has 8 heteroatoms. The maximum atomic E-state index is 12.3. The zero-order chi connectivity index (χ0) is 19.1. The van der Waals surface area contributed by atoms with Gasteiger partial charge in [-0.3, -0.25) is 10.1 Å². The molecular formula is C18H18Cl2N2O3S. The van der Waals surface area contributed by atoms with Crippen molar-refractivity contribution in [3.05, 3.63) is 52.0 Å². The molecule has 0 bridgehead atoms. The quantitative estimate of drug-likeness (QED) is 0.353. The summed E-state index contributed by atoms with van der Waals surface area (Å²) in [7, 11) is 0. The highest BCUT2D eigenvalue weighted by Gasteiger charge is 2.11. The second-order valence-corrected chi connectivity index (χ2v) is 6.65. The van der Waals surface area contributed by atoms with E-state index in [1.165, 1.54) is 12.1 Å². The maximum absolute atomic E-state index is 12.3. The van der Waals surface area contributed by atoms with Gasteiger partial charge in [0, 0.05) is 11.3 Å². The van der Waals surface area contributed by atoms with Crippen LogP contribution in [0.4, 0.5) is 5.69 Å². The van der Waals surface area contributed by atoms with Gasteiger partial charge in [-0.2, -0.15) is 0 Å². The summed E-state index contributed by atoms with van der Waals surface area (Å²) in [5, 5.41) is 15.1. The molecule has 26 heavy (non-hydrogen) atoms. The Morgan fingerprint density at radius 2 is 1.92 bits per heavy atom. The minimum Gasteiger partial charge on any atom is -0.505 e. The number of phenols is 1. The lowest BCUT2D eigenvalue weighted by atomic mass is 10.2. The molecule has 0 radical (unpaired) electrons. The Labute approximate surface area is 167 Å². The first kappa shape index (κ1) is 20.3. The number of halogens is 2. The first-order chi connectivity index (χ1) is 12.4. The van der Waals surface area contributed by atoms with Crippen LogP contribution in [0, 0.1) is 0 Å². The predicted octanol–water partition coefficient (Wildman–Crippen LogP) is 5.00. The molecule has 0 spiro atoms. The Morgan fingerprint density at radius 3 is 2.58 bits per heavy atom. The number of benzene rings is 2. The van der Waals surface area contributed by atoms with Gasteiger partial charge in [0.05, 0.1) is 16.7 Å². The van der Waals surface area contributed by atoms with Crippen LogP contribution in [0.25, 0.3) is 0 Å². The normalized spacial score (nSPS) is 10.3. The number of hydrogen-bond donors (Lipinski definition) is 3. The molecule has 5 nitrogen and oxygen atoms in total. The fourth-order valence-electron chi connectivity index (χ4n) is 2.04. The summed E-state index contributed by atoms with van der Waals surface area (Å²) >= 11 is 16.8. The lowest BCUT2D eigenvalue weighted by Crippen LogP contribution is -2.34. The van der Waals surface area contributed by atoms with Crippen LogP contribution in [-0.2, 0) is 0 Å². The van der Waals surface area contributed by atoms with Crippen molar-refractivity contribution in [2.24, 2.45) is 0 Å². The molecule has 0 unspecified atom stereocenters. The third kappa shape index (κ3) is 5.76. The van der Waals surface area contributed by atoms with Gasteiger partial charge in [-0.05, 0) is 49.0 Å². The number of anilines is 1. The molecule has 0 heterocycles. The molecule has 0 aliphatic rings. The van der Waals surface area contributed by atoms with Crippen LogP contribution >= 0.6 is 35.4 Å². The number of hydrogen-bond acceptors (Lipinski definition) is 4. The number of unbranched alkanes of at least 4 members (excludes halogenated alkanes) is 1.